The highest BCUT2D eigenvalue weighted by Gasteiger charge is 2.75. The van der Waals surface area contributed by atoms with Gasteiger partial charge in [-0.1, -0.05) is 34.8 Å². The number of hydrogen-bond acceptors (Lipinski definition) is 1. The third kappa shape index (κ3) is 4.25. The van der Waals surface area contributed by atoms with Crippen molar-refractivity contribution in [2.24, 2.45) is 4.99 Å². The zero-order valence-electron chi connectivity index (χ0n) is 11.0. The summed E-state index contributed by atoms with van der Waals surface area (Å²) in [6, 6.07) is 0.299. The first-order valence-corrected chi connectivity index (χ1v) is 6.69. The van der Waals surface area contributed by atoms with Crippen LogP contribution in [0.2, 0.25) is 10.0 Å². The predicted octanol–water partition coefficient (Wildman–Crippen LogP) is 7.11. The number of rotatable bonds is 3. The van der Waals surface area contributed by atoms with Crippen LogP contribution in [0.4, 0.5) is 49.6 Å². The standard InChI is InChI=1S/C11H2Cl3F10N/c12-4-1-3(9(17,18)19)2-5(13)6(4)25-7(14)8(15,16)10(20,21)11(22,23)24/h1-2H. The Morgan fingerprint density at radius 3 is 1.52 bits per heavy atom. The smallest absolute Gasteiger partial charge is 0.232 e. The molecule has 0 aromatic heterocycles. The minimum atomic E-state index is -6.68. The predicted molar refractivity (Wildman–Crippen MR) is 70.4 cm³/mol. The molecular weight excluding hydrogens is 442 g/mol. The summed E-state index contributed by atoms with van der Waals surface area (Å²) in [6.45, 7) is 0. The van der Waals surface area contributed by atoms with Crippen molar-refractivity contribution in [1.82, 2.24) is 0 Å². The quantitative estimate of drug-likeness (QED) is 0.348. The van der Waals surface area contributed by atoms with Crippen molar-refractivity contribution >= 4 is 45.7 Å². The van der Waals surface area contributed by atoms with E-state index in [2.05, 4.69) is 4.99 Å². The van der Waals surface area contributed by atoms with Gasteiger partial charge in [-0.15, -0.1) is 0 Å². The number of benzene rings is 1. The number of aliphatic imine (C=N–C) groups is 1. The summed E-state index contributed by atoms with van der Waals surface area (Å²) >= 11 is 15.4. The van der Waals surface area contributed by atoms with Gasteiger partial charge in [-0.2, -0.15) is 43.9 Å². The average molecular weight is 444 g/mol. The van der Waals surface area contributed by atoms with Gasteiger partial charge in [0.05, 0.1) is 15.6 Å². The topological polar surface area (TPSA) is 12.4 Å². The van der Waals surface area contributed by atoms with Gasteiger partial charge in [-0.05, 0) is 12.1 Å². The molecule has 0 saturated carbocycles. The third-order valence-corrected chi connectivity index (χ3v) is 3.46. The molecule has 0 spiro atoms. The molecule has 1 aromatic carbocycles. The average Bonchev–Trinajstić information content (AvgIpc) is 2.39. The van der Waals surface area contributed by atoms with Crippen LogP contribution in [0.1, 0.15) is 5.56 Å². The summed E-state index contributed by atoms with van der Waals surface area (Å²) in [5.74, 6) is -12.6. The normalized spacial score (nSPS) is 14.8. The molecule has 1 nitrogen and oxygen atoms in total. The van der Waals surface area contributed by atoms with Gasteiger partial charge in [0.2, 0.25) is 0 Å². The Balaban J connectivity index is 3.45. The summed E-state index contributed by atoms with van der Waals surface area (Å²) in [7, 11) is 0. The number of hydrogen-bond donors (Lipinski definition) is 0. The second-order valence-electron chi connectivity index (χ2n) is 4.34. The molecule has 0 bridgehead atoms. The molecule has 0 aliphatic carbocycles. The fraction of sp³-hybridized carbons (Fsp3) is 0.364. The summed E-state index contributed by atoms with van der Waals surface area (Å²) in [5.41, 5.74) is -2.58. The van der Waals surface area contributed by atoms with Crippen molar-refractivity contribution in [2.75, 3.05) is 0 Å². The molecule has 0 aliphatic heterocycles. The van der Waals surface area contributed by atoms with E-state index in [9.17, 15) is 43.9 Å². The van der Waals surface area contributed by atoms with Crippen LogP contribution in [0, 0.1) is 0 Å². The molecule has 1 aromatic rings. The van der Waals surface area contributed by atoms with Crippen LogP contribution < -0.4 is 0 Å². The van der Waals surface area contributed by atoms with Crippen molar-refractivity contribution in [3.05, 3.63) is 27.7 Å². The van der Waals surface area contributed by atoms with Gasteiger partial charge in [-0.3, -0.25) is 0 Å². The summed E-state index contributed by atoms with van der Waals surface area (Å²) in [5, 5.41) is -4.67. The van der Waals surface area contributed by atoms with Gasteiger partial charge < -0.3 is 0 Å². The van der Waals surface area contributed by atoms with Gasteiger partial charge in [0.25, 0.3) is 0 Å². The Labute approximate surface area is 147 Å². The molecule has 0 aliphatic rings. The maximum atomic E-state index is 13.3. The van der Waals surface area contributed by atoms with Gasteiger partial charge in [0, 0.05) is 0 Å². The molecular formula is C11H2Cl3F10N. The van der Waals surface area contributed by atoms with Crippen LogP contribution in [-0.4, -0.2) is 23.2 Å². The second-order valence-corrected chi connectivity index (χ2v) is 5.51. The second kappa shape index (κ2) is 6.66. The highest BCUT2D eigenvalue weighted by molar-refractivity contribution is 6.67. The van der Waals surface area contributed by atoms with Gasteiger partial charge in [0.1, 0.15) is 5.69 Å². The molecule has 1 rings (SSSR count). The van der Waals surface area contributed by atoms with Gasteiger partial charge in [-0.25, -0.2) is 4.99 Å². The first-order chi connectivity index (χ1) is 10.9. The van der Waals surface area contributed by atoms with Crippen LogP contribution in [0.25, 0.3) is 0 Å². The summed E-state index contributed by atoms with van der Waals surface area (Å²) < 4.78 is 126. The van der Waals surface area contributed by atoms with Gasteiger partial charge >= 0.3 is 24.2 Å². The van der Waals surface area contributed by atoms with E-state index in [0.717, 1.165) is 0 Å². The zero-order valence-corrected chi connectivity index (χ0v) is 13.3. The zero-order chi connectivity index (χ0) is 20.0. The highest BCUT2D eigenvalue weighted by atomic mass is 35.5. The third-order valence-electron chi connectivity index (χ3n) is 2.56. The van der Waals surface area contributed by atoms with Crippen LogP contribution >= 0.6 is 34.8 Å². The fourth-order valence-corrected chi connectivity index (χ4v) is 2.09. The molecule has 0 N–H and O–H groups in total. The minimum absolute atomic E-state index is 0.149. The molecule has 0 saturated heterocycles. The Morgan fingerprint density at radius 2 is 1.20 bits per heavy atom. The lowest BCUT2D eigenvalue weighted by Gasteiger charge is -2.27. The molecule has 0 unspecified atom stereocenters. The van der Waals surface area contributed by atoms with E-state index in [1.165, 1.54) is 0 Å². The van der Waals surface area contributed by atoms with Crippen molar-refractivity contribution in [1.29, 1.82) is 0 Å². The van der Waals surface area contributed by atoms with Crippen LogP contribution in [0.3, 0.4) is 0 Å². The van der Waals surface area contributed by atoms with E-state index in [0.29, 0.717) is 0 Å². The summed E-state index contributed by atoms with van der Waals surface area (Å²) in [6.07, 6.45) is -11.6. The first kappa shape index (κ1) is 22.1. The molecule has 25 heavy (non-hydrogen) atoms. The molecule has 0 atom stereocenters. The fourth-order valence-electron chi connectivity index (χ4n) is 1.31. The van der Waals surface area contributed by atoms with Gasteiger partial charge in [0.15, 0.2) is 5.17 Å². The molecule has 0 fully saturated rings. The largest absolute Gasteiger partial charge is 0.460 e. The molecule has 14 heteroatoms. The molecule has 0 radical (unpaired) electrons. The van der Waals surface area contributed by atoms with E-state index >= 15 is 0 Å². The van der Waals surface area contributed by atoms with E-state index in [-0.39, 0.29) is 12.1 Å². The maximum absolute atomic E-state index is 13.3. The first-order valence-electron chi connectivity index (χ1n) is 5.56. The Bertz CT molecular complexity index is 669. The van der Waals surface area contributed by atoms with Crippen molar-refractivity contribution < 1.29 is 43.9 Å². The lowest BCUT2D eigenvalue weighted by molar-refractivity contribution is -0.335. The minimum Gasteiger partial charge on any atom is -0.232 e. The van der Waals surface area contributed by atoms with Crippen LogP contribution in [0.5, 0.6) is 0 Å². The Morgan fingerprint density at radius 1 is 0.800 bits per heavy atom. The Hall–Kier alpha value is -0.940. The van der Waals surface area contributed by atoms with Crippen LogP contribution in [-0.2, 0) is 6.18 Å². The monoisotopic (exact) mass is 443 g/mol. The van der Waals surface area contributed by atoms with Crippen molar-refractivity contribution in [2.45, 2.75) is 24.2 Å². The molecule has 142 valence electrons. The highest BCUT2D eigenvalue weighted by Crippen LogP contribution is 2.49. The lowest BCUT2D eigenvalue weighted by Crippen LogP contribution is -2.54. The number of nitrogens with zero attached hydrogens (tertiary/aromatic N) is 1. The Kier molecular flexibility index (Phi) is 5.88. The number of alkyl halides is 10. The van der Waals surface area contributed by atoms with Crippen LogP contribution in [0.15, 0.2) is 17.1 Å². The maximum Gasteiger partial charge on any atom is 0.460 e. The SMILES string of the molecule is FC(F)(F)c1cc(Cl)c(N=C(Cl)C(F)(F)C(F)(F)C(F)(F)F)c(Cl)c1. The van der Waals surface area contributed by atoms with E-state index in [1.54, 1.807) is 0 Å². The molecule has 0 heterocycles. The van der Waals surface area contributed by atoms with E-state index in [4.69, 9.17) is 34.8 Å². The number of halogens is 13. The summed E-state index contributed by atoms with van der Waals surface area (Å²) in [4.78, 5) is 2.55. The molecule has 0 amide bonds. The van der Waals surface area contributed by atoms with Crippen molar-refractivity contribution in [3.63, 3.8) is 0 Å². The lowest BCUT2D eigenvalue weighted by atomic mass is 10.1. The van der Waals surface area contributed by atoms with E-state index < -0.39 is 50.7 Å². The van der Waals surface area contributed by atoms with Crippen molar-refractivity contribution in [3.8, 4) is 0 Å². The van der Waals surface area contributed by atoms with E-state index in [1.807, 2.05) is 0 Å².